The highest BCUT2D eigenvalue weighted by Crippen LogP contribution is 2.53. The zero-order chi connectivity index (χ0) is 30.7. The molecular weight excluding hydrogens is 546 g/mol. The van der Waals surface area contributed by atoms with E-state index in [2.05, 4.69) is 176 Å². The SMILES string of the molecule is CC(c1ccccc1)N(c1ccccc1)C(N)c1cccc(-n2c3ccccc3c3ccc4c(c32)C(C)(C)c2ccccc2-4)c1. The minimum absolute atomic E-state index is 0.0723. The second-order valence-electron chi connectivity index (χ2n) is 12.8. The van der Waals surface area contributed by atoms with E-state index in [-0.39, 0.29) is 17.6 Å². The second kappa shape index (κ2) is 10.5. The summed E-state index contributed by atoms with van der Waals surface area (Å²) in [6.07, 6.45) is -0.359. The Balaban J connectivity index is 1.33. The van der Waals surface area contributed by atoms with Crippen molar-refractivity contribution in [3.05, 3.63) is 168 Å². The normalized spacial score (nSPS) is 14.7. The van der Waals surface area contributed by atoms with Gasteiger partial charge in [-0.2, -0.15) is 0 Å². The molecule has 1 aliphatic rings. The van der Waals surface area contributed by atoms with Gasteiger partial charge in [-0.05, 0) is 70.6 Å². The van der Waals surface area contributed by atoms with Crippen LogP contribution in [0.5, 0.6) is 0 Å². The van der Waals surface area contributed by atoms with Gasteiger partial charge in [-0.25, -0.2) is 0 Å². The molecule has 7 aromatic rings. The van der Waals surface area contributed by atoms with Crippen LogP contribution in [0.25, 0.3) is 38.6 Å². The van der Waals surface area contributed by atoms with E-state index in [1.54, 1.807) is 0 Å². The van der Waals surface area contributed by atoms with E-state index in [4.69, 9.17) is 5.73 Å². The molecule has 0 radical (unpaired) electrons. The lowest BCUT2D eigenvalue weighted by atomic mass is 9.81. The minimum atomic E-state index is -0.359. The molecule has 0 amide bonds. The fraction of sp³-hybridized carbons (Fsp3) is 0.143. The summed E-state index contributed by atoms with van der Waals surface area (Å²) in [6, 6.07) is 52.4. The Kier molecular flexibility index (Phi) is 6.40. The van der Waals surface area contributed by atoms with Crippen LogP contribution in [0.15, 0.2) is 146 Å². The van der Waals surface area contributed by atoms with E-state index in [9.17, 15) is 0 Å². The number of hydrogen-bond donors (Lipinski definition) is 1. The van der Waals surface area contributed by atoms with Crippen molar-refractivity contribution in [1.82, 2.24) is 4.57 Å². The maximum Gasteiger partial charge on any atom is 0.104 e. The van der Waals surface area contributed by atoms with Crippen molar-refractivity contribution in [3.63, 3.8) is 0 Å². The molecule has 2 atom stereocenters. The van der Waals surface area contributed by atoms with E-state index < -0.39 is 0 Å². The van der Waals surface area contributed by atoms with Gasteiger partial charge in [-0.3, -0.25) is 0 Å². The van der Waals surface area contributed by atoms with Crippen LogP contribution in [-0.2, 0) is 5.41 Å². The topological polar surface area (TPSA) is 34.2 Å². The highest BCUT2D eigenvalue weighted by atomic mass is 15.2. The Morgan fingerprint density at radius 1 is 0.622 bits per heavy atom. The third kappa shape index (κ3) is 4.22. The number of fused-ring (bicyclic) bond motifs is 7. The summed E-state index contributed by atoms with van der Waals surface area (Å²) in [5.41, 5.74) is 19.6. The number of nitrogens with two attached hydrogens (primary N) is 1. The van der Waals surface area contributed by atoms with Crippen LogP contribution in [0.3, 0.4) is 0 Å². The number of aromatic nitrogens is 1. The first kappa shape index (κ1) is 27.4. The van der Waals surface area contributed by atoms with Gasteiger partial charge in [-0.1, -0.05) is 129 Å². The maximum absolute atomic E-state index is 7.26. The van der Waals surface area contributed by atoms with Gasteiger partial charge in [0.2, 0.25) is 0 Å². The molecule has 3 heteroatoms. The quantitative estimate of drug-likeness (QED) is 0.198. The largest absolute Gasteiger partial charge is 0.345 e. The molecule has 0 spiro atoms. The van der Waals surface area contributed by atoms with Gasteiger partial charge in [0.25, 0.3) is 0 Å². The van der Waals surface area contributed by atoms with Crippen molar-refractivity contribution in [2.24, 2.45) is 5.73 Å². The molecule has 3 nitrogen and oxygen atoms in total. The smallest absolute Gasteiger partial charge is 0.104 e. The molecule has 1 heterocycles. The number of benzene rings is 6. The molecule has 0 aliphatic heterocycles. The fourth-order valence-corrected chi connectivity index (χ4v) is 7.71. The van der Waals surface area contributed by atoms with Gasteiger partial charge < -0.3 is 15.2 Å². The highest BCUT2D eigenvalue weighted by Gasteiger charge is 2.38. The van der Waals surface area contributed by atoms with Crippen LogP contribution >= 0.6 is 0 Å². The number of nitrogens with zero attached hydrogens (tertiary/aromatic N) is 2. The van der Waals surface area contributed by atoms with Crippen molar-refractivity contribution in [2.75, 3.05) is 4.90 Å². The number of para-hydroxylation sites is 2. The summed E-state index contributed by atoms with van der Waals surface area (Å²) in [7, 11) is 0. The summed E-state index contributed by atoms with van der Waals surface area (Å²) in [6.45, 7) is 6.98. The van der Waals surface area contributed by atoms with Gasteiger partial charge in [0.15, 0.2) is 0 Å². The van der Waals surface area contributed by atoms with E-state index in [1.807, 2.05) is 0 Å². The first-order valence-electron chi connectivity index (χ1n) is 15.9. The Bertz CT molecular complexity index is 2180. The van der Waals surface area contributed by atoms with Crippen LogP contribution in [0.1, 0.15) is 55.2 Å². The highest BCUT2D eigenvalue weighted by molar-refractivity contribution is 6.13. The first-order chi connectivity index (χ1) is 21.9. The van der Waals surface area contributed by atoms with Gasteiger partial charge in [0.1, 0.15) is 6.17 Å². The van der Waals surface area contributed by atoms with Gasteiger partial charge >= 0.3 is 0 Å². The van der Waals surface area contributed by atoms with E-state index in [0.29, 0.717) is 0 Å². The molecule has 0 saturated heterocycles. The van der Waals surface area contributed by atoms with Crippen molar-refractivity contribution in [2.45, 2.75) is 38.4 Å². The van der Waals surface area contributed by atoms with Crippen LogP contribution in [0.2, 0.25) is 0 Å². The molecule has 1 aromatic heterocycles. The molecule has 0 bridgehead atoms. The minimum Gasteiger partial charge on any atom is -0.345 e. The molecular formula is C42H37N3. The molecule has 8 rings (SSSR count). The van der Waals surface area contributed by atoms with Crippen LogP contribution in [0.4, 0.5) is 5.69 Å². The van der Waals surface area contributed by atoms with Crippen LogP contribution in [0, 0.1) is 0 Å². The molecule has 45 heavy (non-hydrogen) atoms. The molecule has 220 valence electrons. The lowest BCUT2D eigenvalue weighted by Crippen LogP contribution is -2.36. The summed E-state index contributed by atoms with van der Waals surface area (Å²) >= 11 is 0. The Morgan fingerprint density at radius 2 is 1.29 bits per heavy atom. The summed E-state index contributed by atoms with van der Waals surface area (Å²) in [5, 5.41) is 2.55. The van der Waals surface area contributed by atoms with Crippen molar-refractivity contribution in [1.29, 1.82) is 0 Å². The molecule has 0 fully saturated rings. The number of rotatable bonds is 6. The Labute approximate surface area is 265 Å². The third-order valence-electron chi connectivity index (χ3n) is 9.88. The third-order valence-corrected chi connectivity index (χ3v) is 9.88. The Hall–Kier alpha value is -5.12. The lowest BCUT2D eigenvalue weighted by molar-refractivity contribution is 0.568. The summed E-state index contributed by atoms with van der Waals surface area (Å²) in [4.78, 5) is 2.33. The average Bonchev–Trinajstić information content (AvgIpc) is 3.54. The summed E-state index contributed by atoms with van der Waals surface area (Å²) < 4.78 is 2.47. The number of anilines is 1. The molecule has 0 saturated carbocycles. The molecule has 2 N–H and O–H groups in total. The van der Waals surface area contributed by atoms with Gasteiger partial charge in [0.05, 0.1) is 17.1 Å². The molecule has 1 aliphatic carbocycles. The first-order valence-corrected chi connectivity index (χ1v) is 15.9. The van der Waals surface area contributed by atoms with Crippen molar-refractivity contribution < 1.29 is 0 Å². The predicted molar refractivity (Wildman–Crippen MR) is 189 cm³/mol. The van der Waals surface area contributed by atoms with Crippen molar-refractivity contribution >= 4 is 27.5 Å². The van der Waals surface area contributed by atoms with E-state index >= 15 is 0 Å². The molecule has 6 aromatic carbocycles. The Morgan fingerprint density at radius 3 is 2.09 bits per heavy atom. The summed E-state index contributed by atoms with van der Waals surface area (Å²) in [5.74, 6) is 0. The van der Waals surface area contributed by atoms with Crippen molar-refractivity contribution in [3.8, 4) is 16.8 Å². The van der Waals surface area contributed by atoms with E-state index in [0.717, 1.165) is 16.9 Å². The van der Waals surface area contributed by atoms with Gasteiger partial charge in [-0.15, -0.1) is 0 Å². The van der Waals surface area contributed by atoms with Crippen LogP contribution in [-0.4, -0.2) is 4.57 Å². The zero-order valence-corrected chi connectivity index (χ0v) is 26.0. The monoisotopic (exact) mass is 583 g/mol. The predicted octanol–water partition coefficient (Wildman–Crippen LogP) is 10.3. The molecule has 2 unspecified atom stereocenters. The second-order valence-corrected chi connectivity index (χ2v) is 12.8. The zero-order valence-electron chi connectivity index (χ0n) is 26.0. The average molecular weight is 584 g/mol. The standard InChI is InChI=1S/C42H37N3/c1-28(29-15-6-4-7-16-29)44(31-18-8-5-9-19-31)41(43)30-17-14-20-32(27-30)45-38-24-13-11-22-34(38)36-26-25-35-33-21-10-12-23-37(33)42(2,3)39(35)40(36)45/h4-28,41H,43H2,1-3H3. The van der Waals surface area contributed by atoms with Gasteiger partial charge in [0, 0.05) is 27.6 Å². The number of hydrogen-bond acceptors (Lipinski definition) is 2. The lowest BCUT2D eigenvalue weighted by Gasteiger charge is -2.37. The van der Waals surface area contributed by atoms with E-state index in [1.165, 1.54) is 49.6 Å². The van der Waals surface area contributed by atoms with Crippen LogP contribution < -0.4 is 10.6 Å². The maximum atomic E-state index is 7.26. The fourth-order valence-electron chi connectivity index (χ4n) is 7.71.